The molecule has 2 amide bonds. The lowest BCUT2D eigenvalue weighted by molar-refractivity contribution is -0.139. The zero-order valence-corrected chi connectivity index (χ0v) is 11.5. The molecular formula is C12H16N2O4S. The molecule has 6 nitrogen and oxygen atoms in total. The second kappa shape index (κ2) is 6.89. The van der Waals surface area contributed by atoms with Crippen LogP contribution in [0.4, 0.5) is 5.00 Å². The van der Waals surface area contributed by atoms with Crippen molar-refractivity contribution in [3.8, 4) is 0 Å². The molecule has 1 rings (SSSR count). The van der Waals surface area contributed by atoms with Crippen LogP contribution < -0.4 is 10.6 Å². The molecule has 1 heterocycles. The highest BCUT2D eigenvalue weighted by Gasteiger charge is 2.20. The van der Waals surface area contributed by atoms with E-state index in [1.54, 1.807) is 12.1 Å². The van der Waals surface area contributed by atoms with Crippen molar-refractivity contribution in [2.45, 2.75) is 32.7 Å². The normalized spacial score (nSPS) is 11.7. The molecule has 1 aromatic rings. The summed E-state index contributed by atoms with van der Waals surface area (Å²) >= 11 is 1.10. The second-order valence-corrected chi connectivity index (χ2v) is 5.08. The molecule has 0 saturated heterocycles. The van der Waals surface area contributed by atoms with Crippen molar-refractivity contribution in [1.82, 2.24) is 5.32 Å². The summed E-state index contributed by atoms with van der Waals surface area (Å²) in [5, 5.41) is 14.5. The van der Waals surface area contributed by atoms with E-state index in [0.29, 0.717) is 22.7 Å². The lowest BCUT2D eigenvalue weighted by atomic mass is 10.1. The minimum atomic E-state index is -1.05. The van der Waals surface area contributed by atoms with Crippen LogP contribution in [-0.2, 0) is 9.59 Å². The molecule has 0 spiro atoms. The Labute approximate surface area is 114 Å². The summed E-state index contributed by atoms with van der Waals surface area (Å²) in [6.45, 7) is 3.23. The van der Waals surface area contributed by atoms with Gasteiger partial charge in [-0.1, -0.05) is 13.3 Å². The molecule has 0 aliphatic heterocycles. The Hall–Kier alpha value is -1.89. The van der Waals surface area contributed by atoms with Crippen molar-refractivity contribution in [3.05, 3.63) is 17.0 Å². The van der Waals surface area contributed by atoms with Crippen molar-refractivity contribution in [2.75, 3.05) is 5.32 Å². The Morgan fingerprint density at radius 2 is 2.05 bits per heavy atom. The summed E-state index contributed by atoms with van der Waals surface area (Å²) in [4.78, 5) is 34.0. The van der Waals surface area contributed by atoms with Crippen molar-refractivity contribution >= 4 is 34.1 Å². The van der Waals surface area contributed by atoms with Crippen molar-refractivity contribution in [1.29, 1.82) is 0 Å². The third-order valence-corrected chi connectivity index (χ3v) is 3.31. The van der Waals surface area contributed by atoms with E-state index in [1.165, 1.54) is 6.92 Å². The predicted octanol–water partition coefficient (Wildman–Crippen LogP) is 1.69. The number of carbonyl (C=O) groups is 3. The van der Waals surface area contributed by atoms with Crippen LogP contribution >= 0.6 is 11.3 Å². The van der Waals surface area contributed by atoms with E-state index in [2.05, 4.69) is 10.6 Å². The molecule has 1 aromatic heterocycles. The minimum absolute atomic E-state index is 0.219. The number of carboxylic acid groups (broad SMARTS) is 1. The number of nitrogens with one attached hydrogen (secondary N) is 2. The smallest absolute Gasteiger partial charge is 0.326 e. The van der Waals surface area contributed by atoms with Crippen LogP contribution in [0.1, 0.15) is 36.4 Å². The number of rotatable bonds is 6. The summed E-state index contributed by atoms with van der Waals surface area (Å²) in [5.41, 5.74) is 0. The molecule has 0 aliphatic carbocycles. The first-order chi connectivity index (χ1) is 8.93. The topological polar surface area (TPSA) is 95.5 Å². The molecule has 104 valence electrons. The fourth-order valence-electron chi connectivity index (χ4n) is 1.48. The van der Waals surface area contributed by atoms with Gasteiger partial charge in [-0.25, -0.2) is 4.79 Å². The molecule has 0 aromatic carbocycles. The molecule has 0 fully saturated rings. The van der Waals surface area contributed by atoms with E-state index in [-0.39, 0.29) is 5.91 Å². The van der Waals surface area contributed by atoms with Gasteiger partial charge in [-0.05, 0) is 18.6 Å². The zero-order valence-electron chi connectivity index (χ0n) is 10.7. The first-order valence-corrected chi connectivity index (χ1v) is 6.66. The fourth-order valence-corrected chi connectivity index (χ4v) is 2.33. The summed E-state index contributed by atoms with van der Waals surface area (Å²) in [6, 6.07) is 2.27. The molecule has 19 heavy (non-hydrogen) atoms. The maximum Gasteiger partial charge on any atom is 0.326 e. The number of carbonyl (C=O) groups excluding carboxylic acids is 2. The van der Waals surface area contributed by atoms with Crippen molar-refractivity contribution in [3.63, 3.8) is 0 Å². The Balaban J connectivity index is 2.69. The third-order valence-electron chi connectivity index (χ3n) is 2.31. The first kappa shape index (κ1) is 15.2. The molecule has 0 aliphatic rings. The van der Waals surface area contributed by atoms with Gasteiger partial charge in [0.15, 0.2) is 0 Å². The summed E-state index contributed by atoms with van der Waals surface area (Å²) < 4.78 is 0. The van der Waals surface area contributed by atoms with E-state index in [9.17, 15) is 14.4 Å². The standard InChI is InChI=1S/C12H16N2O4S/c1-3-4-8(12(17)18)14-11(16)9-5-6-10(19-9)13-7(2)15/h5-6,8H,3-4H2,1-2H3,(H,13,15)(H,14,16)(H,17,18). The monoisotopic (exact) mass is 284 g/mol. The minimum Gasteiger partial charge on any atom is -0.480 e. The Kier molecular flexibility index (Phi) is 5.50. The number of carboxylic acids is 1. The predicted molar refractivity (Wildman–Crippen MR) is 72.4 cm³/mol. The van der Waals surface area contributed by atoms with Crippen molar-refractivity contribution in [2.24, 2.45) is 0 Å². The van der Waals surface area contributed by atoms with Crippen LogP contribution in [-0.4, -0.2) is 28.9 Å². The number of hydrogen-bond acceptors (Lipinski definition) is 4. The zero-order chi connectivity index (χ0) is 14.4. The van der Waals surface area contributed by atoms with Crippen LogP contribution in [0.25, 0.3) is 0 Å². The van der Waals surface area contributed by atoms with Gasteiger partial charge in [0.25, 0.3) is 5.91 Å². The number of amides is 2. The highest BCUT2D eigenvalue weighted by Crippen LogP contribution is 2.21. The third kappa shape index (κ3) is 4.70. The van der Waals surface area contributed by atoms with Crippen LogP contribution in [0.15, 0.2) is 12.1 Å². The molecule has 7 heteroatoms. The second-order valence-electron chi connectivity index (χ2n) is 4.00. The number of anilines is 1. The van der Waals surface area contributed by atoms with Gasteiger partial charge < -0.3 is 15.7 Å². The van der Waals surface area contributed by atoms with Crippen LogP contribution in [0.3, 0.4) is 0 Å². The van der Waals surface area contributed by atoms with E-state index >= 15 is 0 Å². The van der Waals surface area contributed by atoms with Gasteiger partial charge in [0.1, 0.15) is 6.04 Å². The average Bonchev–Trinajstić information content (AvgIpc) is 2.75. The van der Waals surface area contributed by atoms with Crippen molar-refractivity contribution < 1.29 is 19.5 Å². The number of hydrogen-bond donors (Lipinski definition) is 3. The molecule has 3 N–H and O–H groups in total. The Bertz CT molecular complexity index is 484. The van der Waals surface area contributed by atoms with Gasteiger partial charge in [0.05, 0.1) is 9.88 Å². The van der Waals surface area contributed by atoms with Crippen LogP contribution in [0, 0.1) is 0 Å². The van der Waals surface area contributed by atoms with Gasteiger partial charge in [-0.15, -0.1) is 11.3 Å². The van der Waals surface area contributed by atoms with Gasteiger partial charge in [-0.3, -0.25) is 9.59 Å². The first-order valence-electron chi connectivity index (χ1n) is 5.85. The summed E-state index contributed by atoms with van der Waals surface area (Å²) in [6.07, 6.45) is 1.05. The van der Waals surface area contributed by atoms with E-state index in [0.717, 1.165) is 11.3 Å². The lowest BCUT2D eigenvalue weighted by Crippen LogP contribution is -2.40. The maximum atomic E-state index is 11.9. The Morgan fingerprint density at radius 1 is 1.37 bits per heavy atom. The number of aliphatic carboxylic acids is 1. The van der Waals surface area contributed by atoms with Crippen LogP contribution in [0.5, 0.6) is 0 Å². The van der Waals surface area contributed by atoms with E-state index in [4.69, 9.17) is 5.11 Å². The van der Waals surface area contributed by atoms with Gasteiger partial charge in [-0.2, -0.15) is 0 Å². The highest BCUT2D eigenvalue weighted by atomic mass is 32.1. The summed E-state index contributed by atoms with van der Waals surface area (Å²) in [7, 11) is 0. The molecule has 0 bridgehead atoms. The fraction of sp³-hybridized carbons (Fsp3) is 0.417. The molecular weight excluding hydrogens is 268 g/mol. The van der Waals surface area contributed by atoms with E-state index < -0.39 is 17.9 Å². The highest BCUT2D eigenvalue weighted by molar-refractivity contribution is 7.18. The quantitative estimate of drug-likeness (QED) is 0.740. The van der Waals surface area contributed by atoms with Gasteiger partial charge in [0, 0.05) is 6.92 Å². The van der Waals surface area contributed by atoms with Gasteiger partial charge in [0.2, 0.25) is 5.91 Å². The van der Waals surface area contributed by atoms with Crippen LogP contribution in [0.2, 0.25) is 0 Å². The lowest BCUT2D eigenvalue weighted by Gasteiger charge is -2.12. The maximum absolute atomic E-state index is 11.9. The summed E-state index contributed by atoms with van der Waals surface area (Å²) in [5.74, 6) is -1.71. The SMILES string of the molecule is CCCC(NC(=O)c1ccc(NC(C)=O)s1)C(=O)O. The Morgan fingerprint density at radius 3 is 2.58 bits per heavy atom. The largest absolute Gasteiger partial charge is 0.480 e. The average molecular weight is 284 g/mol. The van der Waals surface area contributed by atoms with E-state index in [1.807, 2.05) is 6.92 Å². The molecule has 1 unspecified atom stereocenters. The molecule has 0 radical (unpaired) electrons. The molecule has 0 saturated carbocycles. The van der Waals surface area contributed by atoms with Gasteiger partial charge >= 0.3 is 5.97 Å². The molecule has 1 atom stereocenters. The number of thiophene rings is 1.